The lowest BCUT2D eigenvalue weighted by Crippen LogP contribution is -2.41. The molecule has 0 aromatic carbocycles. The summed E-state index contributed by atoms with van der Waals surface area (Å²) < 4.78 is 110. The van der Waals surface area contributed by atoms with Gasteiger partial charge in [0, 0.05) is 0 Å². The number of alkyl halides is 9. The summed E-state index contributed by atoms with van der Waals surface area (Å²) in [4.78, 5) is 0. The lowest BCUT2D eigenvalue weighted by atomic mass is 11.4. The first-order valence-electron chi connectivity index (χ1n) is 3.02. The first-order valence-corrected chi connectivity index (χ1v) is 4.43. The highest BCUT2D eigenvalue weighted by molar-refractivity contribution is 6.36. The van der Waals surface area contributed by atoms with Gasteiger partial charge >= 0.3 is 34.2 Å². The van der Waals surface area contributed by atoms with Gasteiger partial charge in [0.25, 0.3) is 0 Å². The Hall–Kier alpha value is -0.218. The van der Waals surface area contributed by atoms with Crippen LogP contribution in [0.25, 0.3) is 0 Å². The molecule has 0 radical (unpaired) electrons. The summed E-state index contributed by atoms with van der Waals surface area (Å²) in [7, 11) is 0. The van der Waals surface area contributed by atoms with Crippen LogP contribution in [-0.4, -0.2) is 34.2 Å². The summed E-state index contributed by atoms with van der Waals surface area (Å²) in [6.07, 6.45) is -17.2. The molecule has 0 bridgehead atoms. The first-order chi connectivity index (χ1) is 6.79. The van der Waals surface area contributed by atoms with E-state index in [9.17, 15) is 39.5 Å². The van der Waals surface area contributed by atoms with Gasteiger partial charge < -0.3 is 11.4 Å². The van der Waals surface area contributed by atoms with Crippen molar-refractivity contribution in [3.63, 3.8) is 0 Å². The lowest BCUT2D eigenvalue weighted by molar-refractivity contribution is -0.356. The molecule has 0 aliphatic heterocycles. The van der Waals surface area contributed by atoms with Crippen LogP contribution in [0.3, 0.4) is 0 Å². The van der Waals surface area contributed by atoms with Gasteiger partial charge in [0.05, 0.1) is 0 Å². The van der Waals surface area contributed by atoms with Gasteiger partial charge in [0.1, 0.15) is 0 Å². The SMILES string of the molecule is FC(F)(F)[O][Al]([O]C(F)(F)F)[O]C(F)(F)F. The molecule has 0 aromatic heterocycles. The highest BCUT2D eigenvalue weighted by Gasteiger charge is 2.56. The average molecular weight is 282 g/mol. The highest BCUT2D eigenvalue weighted by atomic mass is 27.3. The van der Waals surface area contributed by atoms with Crippen LogP contribution in [0.5, 0.6) is 0 Å². The molecule has 0 atom stereocenters. The standard InChI is InChI=1S/3CF3O.Al/c3*2-1(3,4)5;/q3*-1;+3. The van der Waals surface area contributed by atoms with E-state index in [0.717, 1.165) is 0 Å². The van der Waals surface area contributed by atoms with E-state index in [1.807, 2.05) is 0 Å². The molecule has 13 heteroatoms. The van der Waals surface area contributed by atoms with E-state index in [1.165, 1.54) is 0 Å². The van der Waals surface area contributed by atoms with Crippen molar-refractivity contribution in [2.75, 3.05) is 0 Å². The normalized spacial score (nSPS) is 14.1. The van der Waals surface area contributed by atoms with Crippen LogP contribution in [0.4, 0.5) is 39.5 Å². The summed E-state index contributed by atoms with van der Waals surface area (Å²) in [5.41, 5.74) is 0. The van der Waals surface area contributed by atoms with Crippen molar-refractivity contribution in [2.45, 2.75) is 19.1 Å². The zero-order valence-corrected chi connectivity index (χ0v) is 7.86. The summed E-state index contributed by atoms with van der Waals surface area (Å²) >= 11 is -5.48. The van der Waals surface area contributed by atoms with Crippen LogP contribution in [0, 0.1) is 0 Å². The maximum atomic E-state index is 11.4. The van der Waals surface area contributed by atoms with Gasteiger partial charge in [-0.3, -0.25) is 0 Å². The molecule has 0 saturated heterocycles. The van der Waals surface area contributed by atoms with Crippen molar-refractivity contribution in [1.29, 1.82) is 0 Å². The summed E-state index contributed by atoms with van der Waals surface area (Å²) in [5.74, 6) is 0. The summed E-state index contributed by atoms with van der Waals surface area (Å²) in [5, 5.41) is 0. The molecular formula is C3AlF9O3. The Balaban J connectivity index is 4.53. The van der Waals surface area contributed by atoms with E-state index in [2.05, 4.69) is 11.4 Å². The van der Waals surface area contributed by atoms with Crippen molar-refractivity contribution in [3.8, 4) is 0 Å². The molecule has 0 spiro atoms. The van der Waals surface area contributed by atoms with E-state index in [4.69, 9.17) is 0 Å². The van der Waals surface area contributed by atoms with E-state index in [1.54, 1.807) is 0 Å². The number of rotatable bonds is 3. The Bertz CT molecular complexity index is 179. The first kappa shape index (κ1) is 15.8. The second-order valence-corrected chi connectivity index (χ2v) is 3.26. The van der Waals surface area contributed by atoms with Crippen LogP contribution in [0.15, 0.2) is 0 Å². The van der Waals surface area contributed by atoms with E-state index >= 15 is 0 Å². The second-order valence-electron chi connectivity index (χ2n) is 1.98. The zero-order valence-electron chi connectivity index (χ0n) is 6.70. The van der Waals surface area contributed by atoms with Gasteiger partial charge in [-0.15, -0.1) is 39.5 Å². The summed E-state index contributed by atoms with van der Waals surface area (Å²) in [6.45, 7) is 0. The molecule has 0 rings (SSSR count). The lowest BCUT2D eigenvalue weighted by Gasteiger charge is -2.17. The predicted octanol–water partition coefficient (Wildman–Crippen LogP) is 2.58. The van der Waals surface area contributed by atoms with Gasteiger partial charge in [0.15, 0.2) is 0 Å². The number of halogens is 9. The van der Waals surface area contributed by atoms with Crippen molar-refractivity contribution >= 4 is 15.1 Å². The summed E-state index contributed by atoms with van der Waals surface area (Å²) in [6, 6.07) is 0. The molecule has 0 aliphatic rings. The third-order valence-corrected chi connectivity index (χ3v) is 2.07. The monoisotopic (exact) mass is 282 g/mol. The molecular weight excluding hydrogens is 282 g/mol. The highest BCUT2D eigenvalue weighted by Crippen LogP contribution is 2.27. The molecule has 0 fully saturated rings. The molecule has 3 nitrogen and oxygen atoms in total. The van der Waals surface area contributed by atoms with Crippen LogP contribution < -0.4 is 0 Å². The largest absolute Gasteiger partial charge is 0.924 e. The molecule has 0 amide bonds. The minimum Gasteiger partial charge on any atom is -0.369 e. The molecule has 0 saturated carbocycles. The topological polar surface area (TPSA) is 27.7 Å². The van der Waals surface area contributed by atoms with Crippen LogP contribution in [-0.2, 0) is 11.4 Å². The van der Waals surface area contributed by atoms with Crippen LogP contribution in [0.1, 0.15) is 0 Å². The minimum absolute atomic E-state index is 2.44. The quantitative estimate of drug-likeness (QED) is 0.588. The van der Waals surface area contributed by atoms with Crippen molar-refractivity contribution in [2.24, 2.45) is 0 Å². The molecule has 0 N–H and O–H groups in total. The maximum Gasteiger partial charge on any atom is 0.924 e. The third-order valence-electron chi connectivity index (χ3n) is 0.690. The minimum atomic E-state index is -5.73. The van der Waals surface area contributed by atoms with Crippen LogP contribution in [0.2, 0.25) is 0 Å². The molecule has 0 heterocycles. The van der Waals surface area contributed by atoms with Crippen molar-refractivity contribution in [1.82, 2.24) is 0 Å². The molecule has 0 unspecified atom stereocenters. The molecule has 0 aromatic rings. The fourth-order valence-corrected chi connectivity index (χ4v) is 1.20. The Labute approximate surface area is 86.1 Å². The van der Waals surface area contributed by atoms with E-state index in [-0.39, 0.29) is 0 Å². The van der Waals surface area contributed by atoms with Crippen LogP contribution >= 0.6 is 0 Å². The smallest absolute Gasteiger partial charge is 0.369 e. The average Bonchev–Trinajstić information content (AvgIpc) is 1.70. The third kappa shape index (κ3) is 10.3. The fraction of sp³-hybridized carbons (Fsp3) is 1.00. The Kier molecular flexibility index (Phi) is 4.90. The Morgan fingerprint density at radius 1 is 0.500 bits per heavy atom. The predicted molar refractivity (Wildman–Crippen MR) is 27.2 cm³/mol. The molecule has 0 aliphatic carbocycles. The molecule has 96 valence electrons. The van der Waals surface area contributed by atoms with E-state index < -0.39 is 34.2 Å². The van der Waals surface area contributed by atoms with Gasteiger partial charge in [-0.1, -0.05) is 0 Å². The number of hydrogen-bond donors (Lipinski definition) is 0. The zero-order chi connectivity index (χ0) is 13.2. The fourth-order valence-electron chi connectivity index (χ4n) is 0.399. The van der Waals surface area contributed by atoms with Crippen molar-refractivity contribution in [3.05, 3.63) is 0 Å². The van der Waals surface area contributed by atoms with Gasteiger partial charge in [-0.25, -0.2) is 0 Å². The maximum absolute atomic E-state index is 11.4. The Morgan fingerprint density at radius 3 is 0.812 bits per heavy atom. The second kappa shape index (κ2) is 4.96. The number of hydrogen-bond acceptors (Lipinski definition) is 3. The molecule has 16 heavy (non-hydrogen) atoms. The van der Waals surface area contributed by atoms with Gasteiger partial charge in [0.2, 0.25) is 0 Å². The van der Waals surface area contributed by atoms with E-state index in [0.29, 0.717) is 0 Å². The Morgan fingerprint density at radius 2 is 0.688 bits per heavy atom. The van der Waals surface area contributed by atoms with Gasteiger partial charge in [-0.05, 0) is 0 Å². The van der Waals surface area contributed by atoms with Crippen molar-refractivity contribution < 1.29 is 50.9 Å². The van der Waals surface area contributed by atoms with Gasteiger partial charge in [-0.2, -0.15) is 0 Å².